The van der Waals surface area contributed by atoms with Crippen molar-refractivity contribution >= 4 is 5.91 Å². The van der Waals surface area contributed by atoms with Crippen LogP contribution in [0.25, 0.3) is 0 Å². The minimum Gasteiger partial charge on any atom is -0.357 e. The third-order valence-corrected chi connectivity index (χ3v) is 3.32. The Morgan fingerprint density at radius 1 is 1.53 bits per heavy atom. The molecule has 1 saturated heterocycles. The topological polar surface area (TPSA) is 46.1 Å². The lowest BCUT2D eigenvalue weighted by atomic mass is 9.94. The van der Waals surface area contributed by atoms with Gasteiger partial charge in [-0.05, 0) is 43.5 Å². The first-order valence-corrected chi connectivity index (χ1v) is 6.32. The Morgan fingerprint density at radius 2 is 2.29 bits per heavy atom. The maximum absolute atomic E-state index is 11.8. The first-order chi connectivity index (χ1) is 8.24. The molecule has 1 fully saturated rings. The summed E-state index contributed by atoms with van der Waals surface area (Å²) in [6.07, 6.45) is 6.95. The van der Waals surface area contributed by atoms with Crippen molar-refractivity contribution in [3.63, 3.8) is 0 Å². The number of aryl methyl sites for hydroxylation is 1. The molecule has 2 heterocycles. The molecular formula is C13H21N3O. The van der Waals surface area contributed by atoms with E-state index in [-0.39, 0.29) is 5.91 Å². The number of carbonyl (C=O) groups is 1. The van der Waals surface area contributed by atoms with E-state index in [0.717, 1.165) is 31.5 Å². The zero-order chi connectivity index (χ0) is 12.1. The summed E-state index contributed by atoms with van der Waals surface area (Å²) >= 11 is 0. The molecule has 0 unspecified atom stereocenters. The molecule has 1 aromatic heterocycles. The van der Waals surface area contributed by atoms with Crippen LogP contribution in [0.5, 0.6) is 0 Å². The van der Waals surface area contributed by atoms with Crippen molar-refractivity contribution in [2.75, 3.05) is 13.1 Å². The van der Waals surface area contributed by atoms with Gasteiger partial charge in [0, 0.05) is 32.4 Å². The molecule has 17 heavy (non-hydrogen) atoms. The normalized spacial score (nSPS) is 17.0. The highest BCUT2D eigenvalue weighted by Crippen LogP contribution is 2.15. The van der Waals surface area contributed by atoms with Crippen molar-refractivity contribution < 1.29 is 4.79 Å². The molecule has 0 atom stereocenters. The molecule has 0 aliphatic carbocycles. The fourth-order valence-electron chi connectivity index (χ4n) is 2.29. The summed E-state index contributed by atoms with van der Waals surface area (Å²) < 4.78 is 1.99. The van der Waals surface area contributed by atoms with Crippen LogP contribution in [0.4, 0.5) is 0 Å². The number of hydrogen-bond acceptors (Lipinski definition) is 2. The second-order valence-electron chi connectivity index (χ2n) is 4.86. The van der Waals surface area contributed by atoms with E-state index in [1.165, 1.54) is 0 Å². The molecule has 1 aliphatic rings. The van der Waals surface area contributed by atoms with Crippen LogP contribution >= 0.6 is 0 Å². The molecule has 94 valence electrons. The van der Waals surface area contributed by atoms with Crippen molar-refractivity contribution in [1.82, 2.24) is 15.2 Å². The van der Waals surface area contributed by atoms with E-state index in [9.17, 15) is 4.79 Å². The van der Waals surface area contributed by atoms with Crippen LogP contribution in [0.2, 0.25) is 0 Å². The SMILES string of the molecule is Cn1ccc(CNC(=O)CC2CCNCC2)c1. The Balaban J connectivity index is 1.70. The number of aromatic nitrogens is 1. The second kappa shape index (κ2) is 5.87. The van der Waals surface area contributed by atoms with E-state index in [2.05, 4.69) is 10.6 Å². The van der Waals surface area contributed by atoms with Gasteiger partial charge in [-0.25, -0.2) is 0 Å². The number of carbonyl (C=O) groups excluding carboxylic acids is 1. The maximum Gasteiger partial charge on any atom is 0.220 e. The molecule has 0 saturated carbocycles. The summed E-state index contributed by atoms with van der Waals surface area (Å²) in [6, 6.07) is 2.03. The molecule has 0 aromatic carbocycles. The molecule has 1 aromatic rings. The second-order valence-corrected chi connectivity index (χ2v) is 4.86. The lowest BCUT2D eigenvalue weighted by Gasteiger charge is -2.21. The maximum atomic E-state index is 11.8. The summed E-state index contributed by atoms with van der Waals surface area (Å²) in [7, 11) is 1.99. The number of rotatable bonds is 4. The van der Waals surface area contributed by atoms with Crippen LogP contribution < -0.4 is 10.6 Å². The van der Waals surface area contributed by atoms with E-state index in [1.807, 2.05) is 30.1 Å². The smallest absolute Gasteiger partial charge is 0.220 e. The molecular weight excluding hydrogens is 214 g/mol. The van der Waals surface area contributed by atoms with Gasteiger partial charge in [-0.15, -0.1) is 0 Å². The van der Waals surface area contributed by atoms with Gasteiger partial charge in [-0.1, -0.05) is 0 Å². The van der Waals surface area contributed by atoms with Crippen molar-refractivity contribution in [2.24, 2.45) is 13.0 Å². The molecule has 2 N–H and O–H groups in total. The lowest BCUT2D eigenvalue weighted by molar-refractivity contribution is -0.122. The highest BCUT2D eigenvalue weighted by molar-refractivity contribution is 5.76. The van der Waals surface area contributed by atoms with Gasteiger partial charge in [0.05, 0.1) is 0 Å². The summed E-state index contributed by atoms with van der Waals surface area (Å²) in [5.41, 5.74) is 1.16. The average molecular weight is 235 g/mol. The summed E-state index contributed by atoms with van der Waals surface area (Å²) in [4.78, 5) is 11.8. The molecule has 4 nitrogen and oxygen atoms in total. The van der Waals surface area contributed by atoms with Gasteiger partial charge >= 0.3 is 0 Å². The van der Waals surface area contributed by atoms with Gasteiger partial charge in [-0.3, -0.25) is 4.79 Å². The third kappa shape index (κ3) is 3.89. The fourth-order valence-corrected chi connectivity index (χ4v) is 2.29. The van der Waals surface area contributed by atoms with Crippen LogP contribution in [0.15, 0.2) is 18.5 Å². The molecule has 1 amide bonds. The largest absolute Gasteiger partial charge is 0.357 e. The van der Waals surface area contributed by atoms with Crippen molar-refractivity contribution in [2.45, 2.75) is 25.8 Å². The molecule has 1 aliphatic heterocycles. The number of piperidine rings is 1. The van der Waals surface area contributed by atoms with E-state index >= 15 is 0 Å². The van der Waals surface area contributed by atoms with Crippen molar-refractivity contribution in [3.05, 3.63) is 24.0 Å². The zero-order valence-corrected chi connectivity index (χ0v) is 10.4. The van der Waals surface area contributed by atoms with Crippen LogP contribution in [0.3, 0.4) is 0 Å². The highest BCUT2D eigenvalue weighted by atomic mass is 16.1. The molecule has 2 rings (SSSR count). The predicted octanol–water partition coefficient (Wildman–Crippen LogP) is 1.03. The van der Waals surface area contributed by atoms with Crippen molar-refractivity contribution in [3.8, 4) is 0 Å². The van der Waals surface area contributed by atoms with E-state index in [0.29, 0.717) is 18.9 Å². The van der Waals surface area contributed by atoms with E-state index < -0.39 is 0 Å². The number of amides is 1. The molecule has 0 spiro atoms. The van der Waals surface area contributed by atoms with E-state index in [1.54, 1.807) is 0 Å². The Morgan fingerprint density at radius 3 is 2.94 bits per heavy atom. The minimum atomic E-state index is 0.181. The minimum absolute atomic E-state index is 0.181. The van der Waals surface area contributed by atoms with Gasteiger partial charge in [0.25, 0.3) is 0 Å². The monoisotopic (exact) mass is 235 g/mol. The van der Waals surface area contributed by atoms with Crippen LogP contribution in [-0.2, 0) is 18.4 Å². The average Bonchev–Trinajstić information content (AvgIpc) is 2.74. The van der Waals surface area contributed by atoms with Gasteiger partial charge in [-0.2, -0.15) is 0 Å². The van der Waals surface area contributed by atoms with Gasteiger partial charge < -0.3 is 15.2 Å². The van der Waals surface area contributed by atoms with E-state index in [4.69, 9.17) is 0 Å². The zero-order valence-electron chi connectivity index (χ0n) is 10.4. The number of nitrogens with zero attached hydrogens (tertiary/aromatic N) is 1. The Labute approximate surface area is 102 Å². The Bertz CT molecular complexity index is 366. The molecule has 0 radical (unpaired) electrons. The summed E-state index contributed by atoms with van der Waals surface area (Å²) in [6.45, 7) is 2.75. The first kappa shape index (κ1) is 12.2. The van der Waals surface area contributed by atoms with Crippen LogP contribution in [0, 0.1) is 5.92 Å². The van der Waals surface area contributed by atoms with Crippen molar-refractivity contribution in [1.29, 1.82) is 0 Å². The highest BCUT2D eigenvalue weighted by Gasteiger charge is 2.16. The number of hydrogen-bond donors (Lipinski definition) is 2. The fraction of sp³-hybridized carbons (Fsp3) is 0.615. The van der Waals surface area contributed by atoms with Crippen LogP contribution in [-0.4, -0.2) is 23.6 Å². The van der Waals surface area contributed by atoms with Gasteiger partial charge in [0.1, 0.15) is 0 Å². The lowest BCUT2D eigenvalue weighted by Crippen LogP contribution is -2.32. The summed E-state index contributed by atoms with van der Waals surface area (Å²) in [5.74, 6) is 0.743. The summed E-state index contributed by atoms with van der Waals surface area (Å²) in [5, 5.41) is 6.30. The predicted molar refractivity (Wildman–Crippen MR) is 67.5 cm³/mol. The Hall–Kier alpha value is -1.29. The Kier molecular flexibility index (Phi) is 4.20. The third-order valence-electron chi connectivity index (χ3n) is 3.32. The molecule has 0 bridgehead atoms. The number of nitrogens with one attached hydrogen (secondary N) is 2. The first-order valence-electron chi connectivity index (χ1n) is 6.32. The molecule has 4 heteroatoms. The van der Waals surface area contributed by atoms with Crippen LogP contribution in [0.1, 0.15) is 24.8 Å². The standard InChI is InChI=1S/C13H21N3O/c1-16-7-4-12(10-16)9-15-13(17)8-11-2-5-14-6-3-11/h4,7,10-11,14H,2-3,5-6,8-9H2,1H3,(H,15,17). The quantitative estimate of drug-likeness (QED) is 0.819. The van der Waals surface area contributed by atoms with Gasteiger partial charge in [0.2, 0.25) is 5.91 Å². The van der Waals surface area contributed by atoms with Gasteiger partial charge in [0.15, 0.2) is 0 Å².